The van der Waals surface area contributed by atoms with Crippen molar-refractivity contribution in [3.63, 3.8) is 0 Å². The van der Waals surface area contributed by atoms with E-state index in [2.05, 4.69) is 9.97 Å². The molecule has 124 valence electrons. The summed E-state index contributed by atoms with van der Waals surface area (Å²) >= 11 is 5.88. The standard InChI is InChI=1S/C17H15ClFN3O2/c1-9-6-10(2)22-17(21-9)13(8-20)16(23)11(3)24-15-5-4-12(19)7-14(15)18/h4-7,11,13H,1-3H3. The Balaban J connectivity index is 2.23. The molecule has 0 spiro atoms. The number of aryl methyl sites for hydroxylation is 2. The summed E-state index contributed by atoms with van der Waals surface area (Å²) in [5.74, 6) is -1.86. The van der Waals surface area contributed by atoms with Gasteiger partial charge in [0.1, 0.15) is 11.6 Å². The average molecular weight is 348 g/mol. The Morgan fingerprint density at radius 3 is 2.46 bits per heavy atom. The number of carbonyl (C=O) groups is 1. The smallest absolute Gasteiger partial charge is 0.197 e. The third-order valence-corrected chi connectivity index (χ3v) is 3.57. The second-order valence-electron chi connectivity index (χ2n) is 5.31. The third kappa shape index (κ3) is 4.06. The van der Waals surface area contributed by atoms with Crippen LogP contribution in [0.4, 0.5) is 4.39 Å². The average Bonchev–Trinajstić information content (AvgIpc) is 2.49. The topological polar surface area (TPSA) is 75.9 Å². The molecule has 0 aliphatic heterocycles. The fraction of sp³-hybridized carbons (Fsp3) is 0.294. The summed E-state index contributed by atoms with van der Waals surface area (Å²) in [4.78, 5) is 20.9. The van der Waals surface area contributed by atoms with Crippen molar-refractivity contribution in [1.29, 1.82) is 5.26 Å². The van der Waals surface area contributed by atoms with Gasteiger partial charge in [0.2, 0.25) is 0 Å². The summed E-state index contributed by atoms with van der Waals surface area (Å²) in [6.45, 7) is 5.01. The monoisotopic (exact) mass is 347 g/mol. The van der Waals surface area contributed by atoms with Crippen LogP contribution in [0.1, 0.15) is 30.1 Å². The van der Waals surface area contributed by atoms with Crippen LogP contribution in [0.3, 0.4) is 0 Å². The molecule has 1 aromatic heterocycles. The lowest BCUT2D eigenvalue weighted by Gasteiger charge is -2.17. The van der Waals surface area contributed by atoms with Crippen LogP contribution in [0, 0.1) is 31.0 Å². The van der Waals surface area contributed by atoms with Gasteiger partial charge >= 0.3 is 0 Å². The molecule has 0 saturated carbocycles. The molecular weight excluding hydrogens is 333 g/mol. The zero-order chi connectivity index (χ0) is 17.9. The molecule has 0 radical (unpaired) electrons. The van der Waals surface area contributed by atoms with E-state index in [1.807, 2.05) is 6.07 Å². The number of nitriles is 1. The maximum atomic E-state index is 13.1. The Kier molecular flexibility index (Phi) is 5.47. The number of halogens is 2. The molecule has 0 aliphatic carbocycles. The second kappa shape index (κ2) is 7.37. The van der Waals surface area contributed by atoms with Crippen molar-refractivity contribution in [2.45, 2.75) is 32.8 Å². The number of Topliss-reactive ketones (excluding diaryl/α,β-unsaturated/α-hetero) is 1. The molecule has 2 unspecified atom stereocenters. The summed E-state index contributed by atoms with van der Waals surface area (Å²) in [6.07, 6.45) is -0.970. The number of ketones is 1. The van der Waals surface area contributed by atoms with Gasteiger partial charge in [-0.1, -0.05) is 11.6 Å². The van der Waals surface area contributed by atoms with Crippen LogP contribution < -0.4 is 4.74 Å². The SMILES string of the molecule is Cc1cc(C)nc(C(C#N)C(=O)C(C)Oc2ccc(F)cc2Cl)n1. The number of aromatic nitrogens is 2. The normalized spacial score (nSPS) is 13.0. The first kappa shape index (κ1) is 17.8. The molecule has 0 amide bonds. The van der Waals surface area contributed by atoms with E-state index in [-0.39, 0.29) is 16.6 Å². The van der Waals surface area contributed by atoms with E-state index in [1.54, 1.807) is 19.9 Å². The van der Waals surface area contributed by atoms with Gasteiger partial charge in [0.15, 0.2) is 23.6 Å². The maximum Gasteiger partial charge on any atom is 0.197 e. The van der Waals surface area contributed by atoms with Crippen LogP contribution in [-0.2, 0) is 4.79 Å². The van der Waals surface area contributed by atoms with Crippen molar-refractivity contribution < 1.29 is 13.9 Å². The van der Waals surface area contributed by atoms with Gasteiger partial charge in [-0.15, -0.1) is 0 Å². The minimum absolute atomic E-state index is 0.0470. The largest absolute Gasteiger partial charge is 0.481 e. The summed E-state index contributed by atoms with van der Waals surface area (Å²) in [6, 6.07) is 7.26. The number of hydrogen-bond acceptors (Lipinski definition) is 5. The van der Waals surface area contributed by atoms with Gasteiger partial charge < -0.3 is 4.74 Å². The van der Waals surface area contributed by atoms with Gasteiger partial charge in [0.25, 0.3) is 0 Å². The van der Waals surface area contributed by atoms with E-state index in [9.17, 15) is 14.4 Å². The van der Waals surface area contributed by atoms with Crippen LogP contribution in [0.5, 0.6) is 5.75 Å². The highest BCUT2D eigenvalue weighted by molar-refractivity contribution is 6.32. The Morgan fingerprint density at radius 1 is 1.29 bits per heavy atom. The predicted octanol–water partition coefficient (Wildman–Crippen LogP) is 3.53. The molecule has 5 nitrogen and oxygen atoms in total. The molecule has 0 bridgehead atoms. The van der Waals surface area contributed by atoms with Crippen molar-refractivity contribution >= 4 is 17.4 Å². The van der Waals surface area contributed by atoms with E-state index in [4.69, 9.17) is 16.3 Å². The molecule has 7 heteroatoms. The van der Waals surface area contributed by atoms with Crippen molar-refractivity contribution in [2.75, 3.05) is 0 Å². The number of nitrogens with zero attached hydrogens (tertiary/aromatic N) is 3. The van der Waals surface area contributed by atoms with E-state index in [0.29, 0.717) is 11.4 Å². The van der Waals surface area contributed by atoms with Gasteiger partial charge in [-0.25, -0.2) is 14.4 Å². The van der Waals surface area contributed by atoms with Crippen molar-refractivity contribution in [3.8, 4) is 11.8 Å². The zero-order valence-electron chi connectivity index (χ0n) is 13.4. The van der Waals surface area contributed by atoms with E-state index in [1.165, 1.54) is 19.1 Å². The zero-order valence-corrected chi connectivity index (χ0v) is 14.1. The highest BCUT2D eigenvalue weighted by atomic mass is 35.5. The first-order valence-corrected chi connectivity index (χ1v) is 7.57. The van der Waals surface area contributed by atoms with Gasteiger partial charge in [0.05, 0.1) is 11.1 Å². The van der Waals surface area contributed by atoms with Gasteiger partial charge in [-0.05, 0) is 45.0 Å². The lowest BCUT2D eigenvalue weighted by molar-refractivity contribution is -0.125. The first-order valence-electron chi connectivity index (χ1n) is 7.19. The number of rotatable bonds is 5. The van der Waals surface area contributed by atoms with Gasteiger partial charge in [-0.2, -0.15) is 5.26 Å². The Bertz CT molecular complexity index is 800. The van der Waals surface area contributed by atoms with E-state index in [0.717, 1.165) is 6.07 Å². The van der Waals surface area contributed by atoms with Crippen LogP contribution in [0.15, 0.2) is 24.3 Å². The second-order valence-corrected chi connectivity index (χ2v) is 5.72. The molecule has 0 fully saturated rings. The highest BCUT2D eigenvalue weighted by Gasteiger charge is 2.29. The number of benzene rings is 1. The van der Waals surface area contributed by atoms with Gasteiger partial charge in [-0.3, -0.25) is 4.79 Å². The lowest BCUT2D eigenvalue weighted by Crippen LogP contribution is -2.30. The predicted molar refractivity (Wildman–Crippen MR) is 86.4 cm³/mol. The quantitative estimate of drug-likeness (QED) is 0.827. The van der Waals surface area contributed by atoms with Gasteiger partial charge in [0, 0.05) is 11.4 Å². The van der Waals surface area contributed by atoms with Crippen molar-refractivity contribution in [1.82, 2.24) is 9.97 Å². The number of carbonyl (C=O) groups excluding carboxylic acids is 1. The number of ether oxygens (including phenoxy) is 1. The fourth-order valence-electron chi connectivity index (χ4n) is 2.18. The molecule has 0 N–H and O–H groups in total. The Labute approximate surface area is 144 Å². The summed E-state index contributed by atoms with van der Waals surface area (Å²) in [5, 5.41) is 9.40. The first-order chi connectivity index (χ1) is 11.3. The fourth-order valence-corrected chi connectivity index (χ4v) is 2.40. The van der Waals surface area contributed by atoms with Crippen LogP contribution >= 0.6 is 11.6 Å². The van der Waals surface area contributed by atoms with Crippen LogP contribution in [0.25, 0.3) is 0 Å². The Morgan fingerprint density at radius 2 is 1.92 bits per heavy atom. The molecule has 0 aliphatic rings. The molecular formula is C17H15ClFN3O2. The van der Waals surface area contributed by atoms with Crippen LogP contribution in [0.2, 0.25) is 5.02 Å². The maximum absolute atomic E-state index is 13.1. The lowest BCUT2D eigenvalue weighted by atomic mass is 10.0. The molecule has 1 heterocycles. The molecule has 1 aromatic carbocycles. The summed E-state index contributed by atoms with van der Waals surface area (Å²) in [5.41, 5.74) is 1.33. The Hall–Kier alpha value is -2.52. The third-order valence-electron chi connectivity index (χ3n) is 3.27. The van der Waals surface area contributed by atoms with E-state index < -0.39 is 23.6 Å². The van der Waals surface area contributed by atoms with E-state index >= 15 is 0 Å². The molecule has 24 heavy (non-hydrogen) atoms. The molecule has 2 rings (SSSR count). The summed E-state index contributed by atoms with van der Waals surface area (Å²) < 4.78 is 18.5. The molecule has 2 aromatic rings. The minimum Gasteiger partial charge on any atom is -0.481 e. The van der Waals surface area contributed by atoms with Crippen molar-refractivity contribution in [3.05, 3.63) is 52.3 Å². The summed E-state index contributed by atoms with van der Waals surface area (Å²) in [7, 11) is 0. The molecule has 2 atom stereocenters. The number of hydrogen-bond donors (Lipinski definition) is 0. The molecule has 0 saturated heterocycles. The van der Waals surface area contributed by atoms with Crippen LogP contribution in [-0.4, -0.2) is 21.9 Å². The highest BCUT2D eigenvalue weighted by Crippen LogP contribution is 2.27. The minimum atomic E-state index is -1.15. The van der Waals surface area contributed by atoms with Crippen molar-refractivity contribution in [2.24, 2.45) is 0 Å².